The molecule has 2 aromatic rings. The SMILES string of the molecule is CCCCN(CCCC)C(=O)C(NC(=O)c1ccccc1NC(=O)c1ccc(OC)cc1)C(C)C. The maximum atomic E-state index is 13.4. The van der Waals surface area contributed by atoms with Crippen LogP contribution in [0.2, 0.25) is 0 Å². The summed E-state index contributed by atoms with van der Waals surface area (Å²) in [4.78, 5) is 41.3. The number of ether oxygens (including phenoxy) is 1. The van der Waals surface area contributed by atoms with Gasteiger partial charge < -0.3 is 20.3 Å². The van der Waals surface area contributed by atoms with Crippen molar-refractivity contribution in [1.82, 2.24) is 10.2 Å². The first-order chi connectivity index (χ1) is 16.8. The van der Waals surface area contributed by atoms with Gasteiger partial charge in [0.05, 0.1) is 18.4 Å². The van der Waals surface area contributed by atoms with Gasteiger partial charge in [-0.2, -0.15) is 0 Å². The highest BCUT2D eigenvalue weighted by atomic mass is 16.5. The van der Waals surface area contributed by atoms with Crippen LogP contribution in [0.15, 0.2) is 48.5 Å². The van der Waals surface area contributed by atoms with Crippen LogP contribution < -0.4 is 15.4 Å². The number of nitrogens with zero attached hydrogens (tertiary/aromatic N) is 1. The Morgan fingerprint density at radius 2 is 1.49 bits per heavy atom. The zero-order chi connectivity index (χ0) is 25.8. The number of carbonyl (C=O) groups is 3. The van der Waals surface area contributed by atoms with Crippen LogP contribution >= 0.6 is 0 Å². The Bertz CT molecular complexity index is 964. The van der Waals surface area contributed by atoms with Gasteiger partial charge in [0.2, 0.25) is 5.91 Å². The molecule has 35 heavy (non-hydrogen) atoms. The molecule has 0 aliphatic heterocycles. The van der Waals surface area contributed by atoms with Crippen molar-refractivity contribution in [1.29, 1.82) is 0 Å². The Kier molecular flexibility index (Phi) is 11.3. The van der Waals surface area contributed by atoms with E-state index >= 15 is 0 Å². The third-order valence-corrected chi connectivity index (χ3v) is 5.87. The van der Waals surface area contributed by atoms with Crippen molar-refractivity contribution in [2.75, 3.05) is 25.5 Å². The highest BCUT2D eigenvalue weighted by Gasteiger charge is 2.29. The predicted octanol–water partition coefficient (Wildman–Crippen LogP) is 5.13. The van der Waals surface area contributed by atoms with Gasteiger partial charge in [-0.05, 0) is 55.2 Å². The van der Waals surface area contributed by atoms with Crippen LogP contribution in [0.4, 0.5) is 5.69 Å². The van der Waals surface area contributed by atoms with Crippen LogP contribution in [0.3, 0.4) is 0 Å². The lowest BCUT2D eigenvalue weighted by molar-refractivity contribution is -0.134. The fourth-order valence-electron chi connectivity index (χ4n) is 3.69. The Labute approximate surface area is 209 Å². The van der Waals surface area contributed by atoms with Gasteiger partial charge >= 0.3 is 0 Å². The van der Waals surface area contributed by atoms with Gasteiger partial charge in [-0.1, -0.05) is 52.7 Å². The maximum absolute atomic E-state index is 13.4. The van der Waals surface area contributed by atoms with Gasteiger partial charge in [-0.3, -0.25) is 14.4 Å². The maximum Gasteiger partial charge on any atom is 0.255 e. The molecule has 1 unspecified atom stereocenters. The minimum absolute atomic E-state index is 0.0602. The first-order valence-electron chi connectivity index (χ1n) is 12.5. The number of carbonyl (C=O) groups excluding carboxylic acids is 3. The minimum atomic E-state index is -0.651. The molecule has 0 spiro atoms. The largest absolute Gasteiger partial charge is 0.497 e. The molecular formula is C28H39N3O4. The highest BCUT2D eigenvalue weighted by molar-refractivity contribution is 6.09. The summed E-state index contributed by atoms with van der Waals surface area (Å²) in [5, 5.41) is 5.76. The number of anilines is 1. The molecule has 3 amide bonds. The Morgan fingerprint density at radius 1 is 0.886 bits per heavy atom. The third-order valence-electron chi connectivity index (χ3n) is 5.87. The number of hydrogen-bond acceptors (Lipinski definition) is 4. The molecular weight excluding hydrogens is 442 g/mol. The number of benzene rings is 2. The van der Waals surface area contributed by atoms with Crippen molar-refractivity contribution in [2.24, 2.45) is 5.92 Å². The van der Waals surface area contributed by atoms with Gasteiger partial charge in [0.1, 0.15) is 11.8 Å². The Balaban J connectivity index is 2.20. The van der Waals surface area contributed by atoms with Crippen molar-refractivity contribution in [3.63, 3.8) is 0 Å². The Hall–Kier alpha value is -3.35. The summed E-state index contributed by atoms with van der Waals surface area (Å²) in [6.45, 7) is 9.42. The topological polar surface area (TPSA) is 87.7 Å². The molecule has 0 saturated carbocycles. The van der Waals surface area contributed by atoms with Crippen LogP contribution in [0, 0.1) is 5.92 Å². The molecule has 0 saturated heterocycles. The first-order valence-corrected chi connectivity index (χ1v) is 12.5. The number of methoxy groups -OCH3 is 1. The number of unbranched alkanes of at least 4 members (excludes halogenated alkanes) is 2. The zero-order valence-electron chi connectivity index (χ0n) is 21.6. The van der Waals surface area contributed by atoms with E-state index in [4.69, 9.17) is 4.74 Å². The molecule has 0 radical (unpaired) electrons. The minimum Gasteiger partial charge on any atom is -0.497 e. The second kappa shape index (κ2) is 14.1. The highest BCUT2D eigenvalue weighted by Crippen LogP contribution is 2.19. The second-order valence-corrected chi connectivity index (χ2v) is 8.96. The molecule has 2 aromatic carbocycles. The molecule has 0 heterocycles. The van der Waals surface area contributed by atoms with Crippen LogP contribution in [0.1, 0.15) is 74.1 Å². The molecule has 7 nitrogen and oxygen atoms in total. The molecule has 0 bridgehead atoms. The monoisotopic (exact) mass is 481 g/mol. The van der Waals surface area contributed by atoms with E-state index in [0.717, 1.165) is 25.7 Å². The third kappa shape index (κ3) is 8.12. The molecule has 1 atom stereocenters. The molecule has 190 valence electrons. The van der Waals surface area contributed by atoms with Crippen LogP contribution in [-0.2, 0) is 4.79 Å². The van der Waals surface area contributed by atoms with E-state index in [1.54, 1.807) is 55.6 Å². The van der Waals surface area contributed by atoms with Crippen molar-refractivity contribution < 1.29 is 19.1 Å². The molecule has 2 rings (SSSR count). The quantitative estimate of drug-likeness (QED) is 0.415. The van der Waals surface area contributed by atoms with Crippen molar-refractivity contribution in [3.8, 4) is 5.75 Å². The summed E-state index contributed by atoms with van der Waals surface area (Å²) >= 11 is 0. The Morgan fingerprint density at radius 3 is 2.03 bits per heavy atom. The zero-order valence-corrected chi connectivity index (χ0v) is 21.6. The van der Waals surface area contributed by atoms with E-state index in [-0.39, 0.29) is 17.7 Å². The number of rotatable bonds is 13. The first kappa shape index (κ1) is 27.9. The summed E-state index contributed by atoms with van der Waals surface area (Å²) in [5.41, 5.74) is 1.13. The second-order valence-electron chi connectivity index (χ2n) is 8.96. The molecule has 0 aromatic heterocycles. The fraction of sp³-hybridized carbons (Fsp3) is 0.464. The van der Waals surface area contributed by atoms with E-state index in [1.807, 2.05) is 18.7 Å². The summed E-state index contributed by atoms with van der Waals surface area (Å²) < 4.78 is 5.14. The van der Waals surface area contributed by atoms with Crippen molar-refractivity contribution in [3.05, 3.63) is 59.7 Å². The van der Waals surface area contributed by atoms with Crippen LogP contribution in [-0.4, -0.2) is 48.9 Å². The number of amides is 3. The number of nitrogens with one attached hydrogen (secondary N) is 2. The van der Waals surface area contributed by atoms with Gasteiger partial charge in [0.25, 0.3) is 11.8 Å². The van der Waals surface area contributed by atoms with Crippen LogP contribution in [0.25, 0.3) is 0 Å². The standard InChI is InChI=1S/C28H39N3O4/c1-6-8-18-31(19-9-7-2)28(34)25(20(3)4)30-27(33)23-12-10-11-13-24(23)29-26(32)21-14-16-22(35-5)17-15-21/h10-17,20,25H,6-9,18-19H2,1-5H3,(H,29,32)(H,30,33). The van der Waals surface area contributed by atoms with E-state index in [1.165, 1.54) is 0 Å². The van der Waals surface area contributed by atoms with Gasteiger partial charge in [-0.25, -0.2) is 0 Å². The lowest BCUT2D eigenvalue weighted by atomic mass is 10.0. The van der Waals surface area contributed by atoms with Crippen LogP contribution in [0.5, 0.6) is 5.75 Å². The van der Waals surface area contributed by atoms with Crippen molar-refractivity contribution in [2.45, 2.75) is 59.4 Å². The molecule has 0 aliphatic rings. The summed E-state index contributed by atoms with van der Waals surface area (Å²) in [7, 11) is 1.56. The van der Waals surface area contributed by atoms with Gasteiger partial charge in [0.15, 0.2) is 0 Å². The predicted molar refractivity (Wildman–Crippen MR) is 140 cm³/mol. The smallest absolute Gasteiger partial charge is 0.255 e. The summed E-state index contributed by atoms with van der Waals surface area (Å²) in [5.74, 6) is -0.228. The van der Waals surface area contributed by atoms with E-state index < -0.39 is 11.9 Å². The number of hydrogen-bond donors (Lipinski definition) is 2. The fourth-order valence-corrected chi connectivity index (χ4v) is 3.69. The van der Waals surface area contributed by atoms with Gasteiger partial charge in [-0.15, -0.1) is 0 Å². The molecule has 7 heteroatoms. The molecule has 2 N–H and O–H groups in total. The number of para-hydroxylation sites is 1. The molecule has 0 fully saturated rings. The average Bonchev–Trinajstić information content (AvgIpc) is 2.87. The van der Waals surface area contributed by atoms with Gasteiger partial charge in [0, 0.05) is 18.7 Å². The van der Waals surface area contributed by atoms with E-state index in [9.17, 15) is 14.4 Å². The normalized spacial score (nSPS) is 11.6. The van der Waals surface area contributed by atoms with E-state index in [2.05, 4.69) is 24.5 Å². The van der Waals surface area contributed by atoms with Crippen molar-refractivity contribution >= 4 is 23.4 Å². The lowest BCUT2D eigenvalue weighted by Gasteiger charge is -2.30. The lowest BCUT2D eigenvalue weighted by Crippen LogP contribution is -2.51. The average molecular weight is 482 g/mol. The summed E-state index contributed by atoms with van der Waals surface area (Å²) in [6.07, 6.45) is 3.84. The molecule has 0 aliphatic carbocycles. The summed E-state index contributed by atoms with van der Waals surface area (Å²) in [6, 6.07) is 12.9. The van der Waals surface area contributed by atoms with E-state index in [0.29, 0.717) is 35.7 Å².